The lowest BCUT2D eigenvalue weighted by Gasteiger charge is -1.90. The Hall–Kier alpha value is -0.730. The van der Waals surface area contributed by atoms with Gasteiger partial charge in [-0.05, 0) is 0 Å². The van der Waals surface area contributed by atoms with Gasteiger partial charge in [-0.15, -0.1) is 0 Å². The molecule has 0 unspecified atom stereocenters. The molecule has 0 aromatic carbocycles. The molecule has 1 saturated heterocycles. The molecular formula is C3H7N3. The standard InChI is InChI=1S/C3H7N3/c4-3(5)6-1-2-6/h1-2H2,(H3,4,5). The lowest BCUT2D eigenvalue weighted by Crippen LogP contribution is -2.19. The van der Waals surface area contributed by atoms with E-state index in [1.54, 1.807) is 4.90 Å². The molecule has 0 aromatic rings. The van der Waals surface area contributed by atoms with Crippen LogP contribution in [0.2, 0.25) is 0 Å². The molecule has 0 amide bonds. The first-order valence-electron chi connectivity index (χ1n) is 1.89. The van der Waals surface area contributed by atoms with Crippen LogP contribution in [0, 0.1) is 5.41 Å². The highest BCUT2D eigenvalue weighted by molar-refractivity contribution is 5.76. The van der Waals surface area contributed by atoms with E-state index < -0.39 is 0 Å². The largest absolute Gasteiger partial charge is 0.370 e. The zero-order chi connectivity index (χ0) is 4.57. The van der Waals surface area contributed by atoms with Crippen LogP contribution in [0.25, 0.3) is 0 Å². The van der Waals surface area contributed by atoms with Crippen LogP contribution in [0.3, 0.4) is 0 Å². The number of guanidine groups is 1. The van der Waals surface area contributed by atoms with E-state index in [1.807, 2.05) is 0 Å². The third-order valence-corrected chi connectivity index (χ3v) is 0.788. The number of hydrogen-bond acceptors (Lipinski definition) is 1. The summed E-state index contributed by atoms with van der Waals surface area (Å²) >= 11 is 0. The Kier molecular flexibility index (Phi) is 0.498. The van der Waals surface area contributed by atoms with Gasteiger partial charge in [-0.25, -0.2) is 0 Å². The highest BCUT2D eigenvalue weighted by Gasteiger charge is 2.17. The molecule has 34 valence electrons. The van der Waals surface area contributed by atoms with Gasteiger partial charge in [0.2, 0.25) is 0 Å². The first kappa shape index (κ1) is 3.46. The molecule has 0 aliphatic carbocycles. The van der Waals surface area contributed by atoms with Crippen LogP contribution in [0.5, 0.6) is 0 Å². The molecule has 1 fully saturated rings. The Balaban J connectivity index is 2.31. The smallest absolute Gasteiger partial charge is 0.188 e. The third kappa shape index (κ3) is 0.429. The Morgan fingerprint density at radius 3 is 2.17 bits per heavy atom. The van der Waals surface area contributed by atoms with Crippen LogP contribution < -0.4 is 5.73 Å². The van der Waals surface area contributed by atoms with Crippen LogP contribution in [0.15, 0.2) is 0 Å². The van der Waals surface area contributed by atoms with Gasteiger partial charge >= 0.3 is 0 Å². The molecule has 1 aliphatic heterocycles. The van der Waals surface area contributed by atoms with Gasteiger partial charge in [0, 0.05) is 13.1 Å². The second-order valence-corrected chi connectivity index (χ2v) is 1.37. The first-order chi connectivity index (χ1) is 2.80. The maximum absolute atomic E-state index is 6.72. The van der Waals surface area contributed by atoms with Crippen molar-refractivity contribution in [2.45, 2.75) is 0 Å². The third-order valence-electron chi connectivity index (χ3n) is 0.788. The molecule has 1 rings (SSSR count). The van der Waals surface area contributed by atoms with Gasteiger partial charge < -0.3 is 10.6 Å². The predicted molar refractivity (Wildman–Crippen MR) is 23.5 cm³/mol. The van der Waals surface area contributed by atoms with Gasteiger partial charge in [0.1, 0.15) is 0 Å². The quantitative estimate of drug-likeness (QED) is 0.230. The molecule has 1 aliphatic rings. The molecule has 3 heteroatoms. The van der Waals surface area contributed by atoms with Gasteiger partial charge in [0.05, 0.1) is 0 Å². The number of hydrogen-bond donors (Lipinski definition) is 2. The van der Waals surface area contributed by atoms with Crippen LogP contribution >= 0.6 is 0 Å². The molecule has 0 atom stereocenters. The van der Waals surface area contributed by atoms with Gasteiger partial charge in [-0.3, -0.25) is 5.41 Å². The Labute approximate surface area is 36.2 Å². The molecule has 6 heavy (non-hydrogen) atoms. The Morgan fingerprint density at radius 2 is 2.17 bits per heavy atom. The minimum Gasteiger partial charge on any atom is -0.370 e. The van der Waals surface area contributed by atoms with E-state index in [-0.39, 0.29) is 5.96 Å². The maximum Gasteiger partial charge on any atom is 0.188 e. The average molecular weight is 85.1 g/mol. The minimum absolute atomic E-state index is 0.204. The molecule has 0 bridgehead atoms. The summed E-state index contributed by atoms with van der Waals surface area (Å²) < 4.78 is 0. The van der Waals surface area contributed by atoms with Crippen LogP contribution in [0.4, 0.5) is 0 Å². The fourth-order valence-corrected chi connectivity index (χ4v) is 0.291. The molecule has 0 saturated carbocycles. The van der Waals surface area contributed by atoms with E-state index in [4.69, 9.17) is 11.1 Å². The second kappa shape index (κ2) is 0.864. The van der Waals surface area contributed by atoms with Gasteiger partial charge in [-0.1, -0.05) is 0 Å². The summed E-state index contributed by atoms with van der Waals surface area (Å²) in [5.74, 6) is 0.204. The van der Waals surface area contributed by atoms with E-state index >= 15 is 0 Å². The maximum atomic E-state index is 6.72. The fraction of sp³-hybridized carbons (Fsp3) is 0.667. The van der Waals surface area contributed by atoms with E-state index in [9.17, 15) is 0 Å². The molecule has 3 N–H and O–H groups in total. The normalized spacial score (nSPS) is 17.7. The zero-order valence-corrected chi connectivity index (χ0v) is 3.44. The summed E-state index contributed by atoms with van der Waals surface area (Å²) in [4.78, 5) is 1.78. The van der Waals surface area contributed by atoms with Crippen LogP contribution in [-0.4, -0.2) is 23.9 Å². The molecular weight excluding hydrogens is 78.1 g/mol. The molecule has 3 nitrogen and oxygen atoms in total. The van der Waals surface area contributed by atoms with E-state index in [2.05, 4.69) is 0 Å². The number of nitrogens with zero attached hydrogens (tertiary/aromatic N) is 1. The monoisotopic (exact) mass is 85.1 g/mol. The Bertz CT molecular complexity index is 74.1. The molecule has 0 aromatic heterocycles. The van der Waals surface area contributed by atoms with Crippen molar-refractivity contribution in [2.24, 2.45) is 5.73 Å². The summed E-state index contributed by atoms with van der Waals surface area (Å²) in [5, 5.41) is 6.72. The fourth-order valence-electron chi connectivity index (χ4n) is 0.291. The van der Waals surface area contributed by atoms with Crippen LogP contribution in [-0.2, 0) is 0 Å². The topological polar surface area (TPSA) is 52.9 Å². The van der Waals surface area contributed by atoms with Crippen molar-refractivity contribution < 1.29 is 0 Å². The zero-order valence-electron chi connectivity index (χ0n) is 3.44. The summed E-state index contributed by atoms with van der Waals surface area (Å²) in [7, 11) is 0. The van der Waals surface area contributed by atoms with E-state index in [1.165, 1.54) is 0 Å². The predicted octanol–water partition coefficient (Wildman–Crippen LogP) is -0.805. The second-order valence-electron chi connectivity index (χ2n) is 1.37. The van der Waals surface area contributed by atoms with Gasteiger partial charge in [0.25, 0.3) is 0 Å². The van der Waals surface area contributed by atoms with Gasteiger partial charge in [0.15, 0.2) is 5.96 Å². The lowest BCUT2D eigenvalue weighted by atomic mass is 11.0. The number of nitrogens with two attached hydrogens (primary N) is 1. The number of nitrogens with one attached hydrogen (secondary N) is 1. The first-order valence-corrected chi connectivity index (χ1v) is 1.89. The summed E-state index contributed by atoms with van der Waals surface area (Å²) in [6.45, 7) is 1.96. The Morgan fingerprint density at radius 1 is 1.67 bits per heavy atom. The van der Waals surface area contributed by atoms with Crippen molar-refractivity contribution in [3.05, 3.63) is 0 Å². The van der Waals surface area contributed by atoms with Crippen molar-refractivity contribution in [1.29, 1.82) is 5.41 Å². The highest BCUT2D eigenvalue weighted by Crippen LogP contribution is 1.98. The van der Waals surface area contributed by atoms with Gasteiger partial charge in [-0.2, -0.15) is 0 Å². The van der Waals surface area contributed by atoms with Crippen molar-refractivity contribution in [1.82, 2.24) is 4.90 Å². The number of rotatable bonds is 0. The van der Waals surface area contributed by atoms with Crippen molar-refractivity contribution in [2.75, 3.05) is 13.1 Å². The lowest BCUT2D eigenvalue weighted by molar-refractivity contribution is 0.820. The minimum atomic E-state index is 0.204. The van der Waals surface area contributed by atoms with Crippen molar-refractivity contribution in [3.63, 3.8) is 0 Å². The summed E-state index contributed by atoms with van der Waals surface area (Å²) in [5.41, 5.74) is 5.01. The summed E-state index contributed by atoms with van der Waals surface area (Å²) in [6.07, 6.45) is 0. The molecule has 0 spiro atoms. The SMILES string of the molecule is N=C(N)N1CC1. The van der Waals surface area contributed by atoms with E-state index in [0.29, 0.717) is 0 Å². The van der Waals surface area contributed by atoms with Crippen molar-refractivity contribution >= 4 is 5.96 Å². The highest BCUT2D eigenvalue weighted by atomic mass is 15.3. The summed E-state index contributed by atoms with van der Waals surface area (Å²) in [6, 6.07) is 0. The average Bonchev–Trinajstić information content (AvgIpc) is 2.06. The van der Waals surface area contributed by atoms with Crippen LogP contribution in [0.1, 0.15) is 0 Å². The van der Waals surface area contributed by atoms with Crippen molar-refractivity contribution in [3.8, 4) is 0 Å². The van der Waals surface area contributed by atoms with E-state index in [0.717, 1.165) is 13.1 Å². The molecule has 1 heterocycles. The molecule has 0 radical (unpaired) electrons.